The van der Waals surface area contributed by atoms with E-state index in [4.69, 9.17) is 0 Å². The summed E-state index contributed by atoms with van der Waals surface area (Å²) in [5.41, 5.74) is 3.58. The van der Waals surface area contributed by atoms with Crippen molar-refractivity contribution in [2.75, 3.05) is 6.54 Å². The lowest BCUT2D eigenvalue weighted by molar-refractivity contribution is 0.323. The Hall–Kier alpha value is -1.08. The van der Waals surface area contributed by atoms with Crippen molar-refractivity contribution < 1.29 is 0 Å². The van der Waals surface area contributed by atoms with E-state index in [2.05, 4.69) is 48.6 Å². The first kappa shape index (κ1) is 14.8. The molecule has 1 unspecified atom stereocenters. The van der Waals surface area contributed by atoms with Crippen molar-refractivity contribution in [3.63, 3.8) is 0 Å². The predicted octanol–water partition coefficient (Wildman–Crippen LogP) is 4.98. The Morgan fingerprint density at radius 2 is 1.81 bits per heavy atom. The molecule has 0 spiro atoms. The molecule has 1 heteroatoms. The molecule has 0 radical (unpaired) electrons. The van der Waals surface area contributed by atoms with Gasteiger partial charge in [-0.1, -0.05) is 61.7 Å². The summed E-state index contributed by atoms with van der Waals surface area (Å²) in [6.07, 6.45) is 13.3. The molecule has 3 rings (SSSR count). The van der Waals surface area contributed by atoms with Gasteiger partial charge in [-0.2, -0.15) is 0 Å². The van der Waals surface area contributed by atoms with E-state index in [9.17, 15) is 0 Å². The molecule has 0 aromatic heterocycles. The van der Waals surface area contributed by atoms with Crippen LogP contribution in [0.2, 0.25) is 0 Å². The number of nitrogens with one attached hydrogen (secondary N) is 1. The molecular weight excluding hydrogens is 254 g/mol. The highest BCUT2D eigenvalue weighted by atomic mass is 14.9. The van der Waals surface area contributed by atoms with E-state index in [0.29, 0.717) is 11.5 Å². The number of likely N-dealkylation sites (N-methyl/N-ethyl adjacent to an activating group) is 1. The van der Waals surface area contributed by atoms with Gasteiger partial charge in [-0.25, -0.2) is 0 Å². The predicted molar refractivity (Wildman–Crippen MR) is 90.6 cm³/mol. The molecule has 21 heavy (non-hydrogen) atoms. The van der Waals surface area contributed by atoms with E-state index < -0.39 is 0 Å². The third-order valence-corrected chi connectivity index (χ3v) is 5.50. The van der Waals surface area contributed by atoms with Gasteiger partial charge in [-0.3, -0.25) is 0 Å². The quantitative estimate of drug-likeness (QED) is 0.752. The average molecular weight is 283 g/mol. The number of rotatable bonds is 5. The molecule has 2 aliphatic carbocycles. The van der Waals surface area contributed by atoms with Gasteiger partial charge in [0.05, 0.1) is 0 Å². The highest BCUT2D eigenvalue weighted by molar-refractivity contribution is 5.34. The SMILES string of the molecule is CCNC(C1=CCCCC1)C1(c2ccccc2)CCCC1. The van der Waals surface area contributed by atoms with Gasteiger partial charge in [-0.05, 0) is 50.6 Å². The highest BCUT2D eigenvalue weighted by Crippen LogP contribution is 2.46. The molecular formula is C20H29N. The summed E-state index contributed by atoms with van der Waals surface area (Å²) in [5.74, 6) is 0. The van der Waals surface area contributed by atoms with Crippen LogP contribution in [0.3, 0.4) is 0 Å². The first-order valence-electron chi connectivity index (χ1n) is 8.84. The van der Waals surface area contributed by atoms with Crippen molar-refractivity contribution >= 4 is 0 Å². The van der Waals surface area contributed by atoms with Crippen LogP contribution in [0.5, 0.6) is 0 Å². The zero-order valence-electron chi connectivity index (χ0n) is 13.4. The Kier molecular flexibility index (Phi) is 4.80. The minimum Gasteiger partial charge on any atom is -0.310 e. The van der Waals surface area contributed by atoms with E-state index in [1.165, 1.54) is 51.4 Å². The number of hydrogen-bond acceptors (Lipinski definition) is 1. The van der Waals surface area contributed by atoms with E-state index in [1.54, 1.807) is 11.1 Å². The molecule has 1 N–H and O–H groups in total. The summed E-state index contributed by atoms with van der Waals surface area (Å²) < 4.78 is 0. The topological polar surface area (TPSA) is 12.0 Å². The lowest BCUT2D eigenvalue weighted by Gasteiger charge is -2.41. The molecule has 1 atom stereocenters. The van der Waals surface area contributed by atoms with Crippen LogP contribution in [0, 0.1) is 0 Å². The van der Waals surface area contributed by atoms with Crippen LogP contribution in [0.25, 0.3) is 0 Å². The van der Waals surface area contributed by atoms with Gasteiger partial charge < -0.3 is 5.32 Å². The van der Waals surface area contributed by atoms with Crippen molar-refractivity contribution in [3.05, 3.63) is 47.5 Å². The molecule has 0 bridgehead atoms. The van der Waals surface area contributed by atoms with Crippen LogP contribution >= 0.6 is 0 Å². The van der Waals surface area contributed by atoms with Crippen LogP contribution in [0.1, 0.15) is 63.9 Å². The maximum absolute atomic E-state index is 3.87. The van der Waals surface area contributed by atoms with Crippen molar-refractivity contribution in [1.29, 1.82) is 0 Å². The summed E-state index contributed by atoms with van der Waals surface area (Å²) in [5, 5.41) is 3.87. The first-order chi connectivity index (χ1) is 10.4. The lowest BCUT2D eigenvalue weighted by Crippen LogP contribution is -2.48. The molecule has 1 nitrogen and oxygen atoms in total. The Balaban J connectivity index is 1.98. The molecule has 1 aromatic rings. The van der Waals surface area contributed by atoms with Gasteiger partial charge >= 0.3 is 0 Å². The van der Waals surface area contributed by atoms with Crippen LogP contribution in [-0.4, -0.2) is 12.6 Å². The molecule has 1 saturated carbocycles. The molecule has 1 aromatic carbocycles. The number of benzene rings is 1. The molecule has 114 valence electrons. The van der Waals surface area contributed by atoms with Crippen LogP contribution in [0.15, 0.2) is 42.0 Å². The van der Waals surface area contributed by atoms with E-state index in [0.717, 1.165) is 6.54 Å². The molecule has 1 fully saturated rings. The zero-order valence-corrected chi connectivity index (χ0v) is 13.4. The normalized spacial score (nSPS) is 22.8. The molecule has 0 amide bonds. The van der Waals surface area contributed by atoms with Crippen molar-refractivity contribution in [3.8, 4) is 0 Å². The summed E-state index contributed by atoms with van der Waals surface area (Å²) in [6.45, 7) is 3.32. The summed E-state index contributed by atoms with van der Waals surface area (Å²) >= 11 is 0. The van der Waals surface area contributed by atoms with Crippen LogP contribution in [-0.2, 0) is 5.41 Å². The van der Waals surface area contributed by atoms with E-state index >= 15 is 0 Å². The third-order valence-electron chi connectivity index (χ3n) is 5.50. The smallest absolute Gasteiger partial charge is 0.0377 e. The fourth-order valence-electron chi connectivity index (χ4n) is 4.53. The van der Waals surface area contributed by atoms with E-state index in [1.807, 2.05) is 0 Å². The Morgan fingerprint density at radius 1 is 1.05 bits per heavy atom. The second kappa shape index (κ2) is 6.79. The van der Waals surface area contributed by atoms with Gasteiger partial charge in [0.2, 0.25) is 0 Å². The second-order valence-electron chi connectivity index (χ2n) is 6.74. The fourth-order valence-corrected chi connectivity index (χ4v) is 4.53. The lowest BCUT2D eigenvalue weighted by atomic mass is 9.68. The molecule has 0 aliphatic heterocycles. The average Bonchev–Trinajstić information content (AvgIpc) is 3.05. The number of allylic oxidation sites excluding steroid dienone is 1. The molecule has 0 saturated heterocycles. The van der Waals surface area contributed by atoms with Crippen molar-refractivity contribution in [2.24, 2.45) is 0 Å². The maximum atomic E-state index is 3.87. The molecule has 2 aliphatic rings. The van der Waals surface area contributed by atoms with Crippen molar-refractivity contribution in [2.45, 2.75) is 69.7 Å². The van der Waals surface area contributed by atoms with Gasteiger partial charge in [0.15, 0.2) is 0 Å². The first-order valence-corrected chi connectivity index (χ1v) is 8.84. The second-order valence-corrected chi connectivity index (χ2v) is 6.74. The van der Waals surface area contributed by atoms with Gasteiger partial charge in [-0.15, -0.1) is 0 Å². The minimum atomic E-state index is 0.334. The van der Waals surface area contributed by atoms with Crippen LogP contribution in [0.4, 0.5) is 0 Å². The monoisotopic (exact) mass is 283 g/mol. The Morgan fingerprint density at radius 3 is 2.43 bits per heavy atom. The fraction of sp³-hybridized carbons (Fsp3) is 0.600. The summed E-state index contributed by atoms with van der Waals surface area (Å²) in [6, 6.07) is 11.8. The van der Waals surface area contributed by atoms with Gasteiger partial charge in [0.25, 0.3) is 0 Å². The Bertz CT molecular complexity index is 468. The largest absolute Gasteiger partial charge is 0.310 e. The minimum absolute atomic E-state index is 0.334. The zero-order chi connectivity index (χ0) is 14.5. The Labute approximate surface area is 129 Å². The third kappa shape index (κ3) is 2.94. The molecule has 0 heterocycles. The summed E-state index contributed by atoms with van der Waals surface area (Å²) in [4.78, 5) is 0. The maximum Gasteiger partial charge on any atom is 0.0377 e. The van der Waals surface area contributed by atoms with Crippen LogP contribution < -0.4 is 5.32 Å². The van der Waals surface area contributed by atoms with Gasteiger partial charge in [0, 0.05) is 11.5 Å². The van der Waals surface area contributed by atoms with E-state index in [-0.39, 0.29) is 0 Å². The standard InChI is InChI=1S/C20H29N/c1-2-21-19(17-11-5-3-6-12-17)20(15-9-10-16-20)18-13-7-4-8-14-18/h4,7-8,11,13-14,19,21H,2-3,5-6,9-10,12,15-16H2,1H3. The highest BCUT2D eigenvalue weighted by Gasteiger charge is 2.43. The van der Waals surface area contributed by atoms with Crippen molar-refractivity contribution in [1.82, 2.24) is 5.32 Å². The number of hydrogen-bond donors (Lipinski definition) is 1. The van der Waals surface area contributed by atoms with Gasteiger partial charge in [0.1, 0.15) is 0 Å². The summed E-state index contributed by atoms with van der Waals surface area (Å²) in [7, 11) is 0.